The van der Waals surface area contributed by atoms with Gasteiger partial charge in [-0.15, -0.1) is 10.2 Å². The first-order chi connectivity index (χ1) is 16.5. The van der Waals surface area contributed by atoms with Crippen LogP contribution in [0.3, 0.4) is 0 Å². The first-order valence-corrected chi connectivity index (χ1v) is 12.2. The molecule has 5 nitrogen and oxygen atoms in total. The molecule has 34 heavy (non-hydrogen) atoms. The fraction of sp³-hybridized carbons (Fsp3) is 0.222. The average Bonchev–Trinajstić information content (AvgIpc) is 3.27. The van der Waals surface area contributed by atoms with Crippen molar-refractivity contribution < 1.29 is 9.18 Å². The van der Waals surface area contributed by atoms with Crippen molar-refractivity contribution in [1.29, 1.82) is 0 Å². The molecule has 0 unspecified atom stereocenters. The number of benzene rings is 3. The third-order valence-corrected chi connectivity index (χ3v) is 6.68. The van der Waals surface area contributed by atoms with Crippen LogP contribution in [0.2, 0.25) is 0 Å². The van der Waals surface area contributed by atoms with E-state index in [1.54, 1.807) is 22.8 Å². The zero-order valence-corrected chi connectivity index (χ0v) is 20.3. The summed E-state index contributed by atoms with van der Waals surface area (Å²) in [6, 6.07) is 22.2. The first kappa shape index (κ1) is 23.7. The minimum atomic E-state index is -0.376. The number of amides is 1. The number of halogens is 1. The molecular weight excluding hydrogens is 447 g/mol. The van der Waals surface area contributed by atoms with Crippen LogP contribution in [0.25, 0.3) is 17.1 Å². The fourth-order valence-corrected chi connectivity index (χ4v) is 4.32. The number of nitrogens with zero attached hydrogens (tertiary/aromatic N) is 3. The Bertz CT molecular complexity index is 1270. The molecule has 0 fully saturated rings. The van der Waals surface area contributed by atoms with Gasteiger partial charge in [-0.1, -0.05) is 67.6 Å². The molecule has 0 spiro atoms. The lowest BCUT2D eigenvalue weighted by Gasteiger charge is -2.12. The summed E-state index contributed by atoms with van der Waals surface area (Å²) in [5, 5.41) is 12.0. The highest BCUT2D eigenvalue weighted by Crippen LogP contribution is 2.29. The zero-order valence-electron chi connectivity index (χ0n) is 19.5. The monoisotopic (exact) mass is 474 g/mol. The standard InChI is InChI=1S/C27H27FN4OS/c1-4-19(3)20-11-13-21(14-12-20)29-25(33)17-34-27-31-30-26(23-7-5-6-8-24(23)28)32(27)22-15-9-18(2)10-16-22/h5-16,19H,4,17H2,1-3H3,(H,29,33)/t19-/m0/s1. The number of nitrogens with one attached hydrogen (secondary N) is 1. The van der Waals surface area contributed by atoms with Gasteiger partial charge in [-0.05, 0) is 61.2 Å². The van der Waals surface area contributed by atoms with Crippen LogP contribution in [0, 0.1) is 12.7 Å². The topological polar surface area (TPSA) is 59.8 Å². The second kappa shape index (κ2) is 10.7. The van der Waals surface area contributed by atoms with E-state index in [4.69, 9.17) is 0 Å². The van der Waals surface area contributed by atoms with Crippen molar-refractivity contribution in [2.45, 2.75) is 38.3 Å². The second-order valence-electron chi connectivity index (χ2n) is 8.23. The molecule has 4 aromatic rings. The van der Waals surface area contributed by atoms with Crippen LogP contribution in [0.4, 0.5) is 10.1 Å². The van der Waals surface area contributed by atoms with E-state index in [9.17, 15) is 9.18 Å². The minimum absolute atomic E-state index is 0.146. The van der Waals surface area contributed by atoms with E-state index in [0.717, 1.165) is 23.4 Å². The van der Waals surface area contributed by atoms with Gasteiger partial charge < -0.3 is 5.32 Å². The lowest BCUT2D eigenvalue weighted by molar-refractivity contribution is -0.113. The van der Waals surface area contributed by atoms with Crippen molar-refractivity contribution in [3.8, 4) is 17.1 Å². The van der Waals surface area contributed by atoms with Crippen LogP contribution in [-0.4, -0.2) is 26.4 Å². The number of hydrogen-bond donors (Lipinski definition) is 1. The summed E-state index contributed by atoms with van der Waals surface area (Å²) >= 11 is 1.26. The summed E-state index contributed by atoms with van der Waals surface area (Å²) in [5.74, 6) is 0.502. The van der Waals surface area contributed by atoms with Crippen LogP contribution >= 0.6 is 11.8 Å². The van der Waals surface area contributed by atoms with Crippen LogP contribution in [-0.2, 0) is 4.79 Å². The molecule has 0 radical (unpaired) electrons. The van der Waals surface area contributed by atoms with Crippen molar-refractivity contribution in [1.82, 2.24) is 14.8 Å². The molecule has 4 rings (SSSR count). The van der Waals surface area contributed by atoms with E-state index in [2.05, 4.69) is 29.4 Å². The van der Waals surface area contributed by atoms with Gasteiger partial charge in [-0.25, -0.2) is 4.39 Å². The molecule has 1 amide bonds. The predicted molar refractivity (Wildman–Crippen MR) is 136 cm³/mol. The molecule has 1 aromatic heterocycles. The van der Waals surface area contributed by atoms with Gasteiger partial charge in [-0.2, -0.15) is 0 Å². The molecule has 1 N–H and O–H groups in total. The highest BCUT2D eigenvalue weighted by molar-refractivity contribution is 7.99. The molecule has 0 aliphatic rings. The molecule has 0 saturated heterocycles. The summed E-state index contributed by atoms with van der Waals surface area (Å²) < 4.78 is 16.3. The number of carbonyl (C=O) groups excluding carboxylic acids is 1. The van der Waals surface area contributed by atoms with Gasteiger partial charge in [0.25, 0.3) is 0 Å². The Balaban J connectivity index is 1.54. The number of carbonyl (C=O) groups is 1. The number of thioether (sulfide) groups is 1. The van der Waals surface area contributed by atoms with Gasteiger partial charge in [0, 0.05) is 11.4 Å². The molecular formula is C27H27FN4OS. The molecule has 0 aliphatic carbocycles. The molecule has 0 bridgehead atoms. The van der Waals surface area contributed by atoms with Crippen molar-refractivity contribution in [3.05, 3.63) is 89.7 Å². The number of rotatable bonds is 8. The van der Waals surface area contributed by atoms with Crippen LogP contribution in [0.5, 0.6) is 0 Å². The van der Waals surface area contributed by atoms with Gasteiger partial charge >= 0.3 is 0 Å². The highest BCUT2D eigenvalue weighted by atomic mass is 32.2. The largest absolute Gasteiger partial charge is 0.325 e. The van der Waals surface area contributed by atoms with E-state index in [1.165, 1.54) is 23.4 Å². The Kier molecular flexibility index (Phi) is 7.43. The molecule has 1 atom stereocenters. The lowest BCUT2D eigenvalue weighted by Crippen LogP contribution is -2.14. The zero-order chi connectivity index (χ0) is 24.1. The Labute approximate surface area is 203 Å². The maximum atomic E-state index is 14.5. The number of aromatic nitrogens is 3. The number of hydrogen-bond acceptors (Lipinski definition) is 4. The maximum Gasteiger partial charge on any atom is 0.234 e. The SMILES string of the molecule is CC[C@H](C)c1ccc(NC(=O)CSc2nnc(-c3ccccc3F)n2-c2ccc(C)cc2)cc1. The number of aryl methyl sites for hydroxylation is 1. The normalized spacial score (nSPS) is 11.9. The first-order valence-electron chi connectivity index (χ1n) is 11.3. The third kappa shape index (κ3) is 5.37. The molecule has 0 saturated carbocycles. The number of anilines is 1. The third-order valence-electron chi connectivity index (χ3n) is 5.75. The summed E-state index contributed by atoms with van der Waals surface area (Å²) in [6.07, 6.45) is 1.07. The van der Waals surface area contributed by atoms with Crippen LogP contribution < -0.4 is 5.32 Å². The maximum absolute atomic E-state index is 14.5. The summed E-state index contributed by atoms with van der Waals surface area (Å²) in [4.78, 5) is 12.6. The fourth-order valence-electron chi connectivity index (χ4n) is 3.56. The molecule has 7 heteroatoms. The predicted octanol–water partition coefficient (Wildman–Crippen LogP) is 6.63. The Morgan fingerprint density at radius 2 is 1.74 bits per heavy atom. The van der Waals surface area contributed by atoms with Crippen molar-refractivity contribution >= 4 is 23.4 Å². The van der Waals surface area contributed by atoms with E-state index in [0.29, 0.717) is 22.5 Å². The highest BCUT2D eigenvalue weighted by Gasteiger charge is 2.19. The molecule has 1 heterocycles. The van der Waals surface area contributed by atoms with Gasteiger partial charge in [0.1, 0.15) is 5.82 Å². The average molecular weight is 475 g/mol. The van der Waals surface area contributed by atoms with Crippen LogP contribution in [0.1, 0.15) is 37.3 Å². The molecule has 0 aliphatic heterocycles. The molecule has 174 valence electrons. The van der Waals surface area contributed by atoms with Crippen molar-refractivity contribution in [3.63, 3.8) is 0 Å². The van der Waals surface area contributed by atoms with Crippen molar-refractivity contribution in [2.24, 2.45) is 0 Å². The van der Waals surface area contributed by atoms with Gasteiger partial charge in [-0.3, -0.25) is 9.36 Å². The van der Waals surface area contributed by atoms with E-state index >= 15 is 0 Å². The summed E-state index contributed by atoms with van der Waals surface area (Å²) in [5.41, 5.74) is 4.27. The summed E-state index contributed by atoms with van der Waals surface area (Å²) in [7, 11) is 0. The Morgan fingerprint density at radius 1 is 1.03 bits per heavy atom. The van der Waals surface area contributed by atoms with E-state index in [-0.39, 0.29) is 17.5 Å². The van der Waals surface area contributed by atoms with Gasteiger partial charge in [0.2, 0.25) is 5.91 Å². The minimum Gasteiger partial charge on any atom is -0.325 e. The summed E-state index contributed by atoms with van der Waals surface area (Å²) in [6.45, 7) is 6.34. The molecule has 3 aromatic carbocycles. The van der Waals surface area contributed by atoms with E-state index in [1.807, 2.05) is 55.5 Å². The van der Waals surface area contributed by atoms with Gasteiger partial charge in [0.05, 0.1) is 11.3 Å². The van der Waals surface area contributed by atoms with Crippen LogP contribution in [0.15, 0.2) is 78.0 Å². The smallest absolute Gasteiger partial charge is 0.234 e. The van der Waals surface area contributed by atoms with Crippen molar-refractivity contribution in [2.75, 3.05) is 11.1 Å². The Hall–Kier alpha value is -3.45. The lowest BCUT2D eigenvalue weighted by atomic mass is 9.99. The second-order valence-corrected chi connectivity index (χ2v) is 9.17. The van der Waals surface area contributed by atoms with E-state index < -0.39 is 0 Å². The Morgan fingerprint density at radius 3 is 2.41 bits per heavy atom. The van der Waals surface area contributed by atoms with Gasteiger partial charge in [0.15, 0.2) is 11.0 Å². The quantitative estimate of drug-likeness (QED) is 0.291.